The summed E-state index contributed by atoms with van der Waals surface area (Å²) in [5, 5.41) is 19.5. The van der Waals surface area contributed by atoms with Crippen LogP contribution in [0.4, 0.5) is 5.82 Å². The molecular weight excluding hydrogens is 786 g/mol. The maximum Gasteiger partial charge on any atom is 0.243 e. The summed E-state index contributed by atoms with van der Waals surface area (Å²) in [4.78, 5) is 100. The van der Waals surface area contributed by atoms with Gasteiger partial charge >= 0.3 is 104 Å². The van der Waals surface area contributed by atoms with Gasteiger partial charge in [-0.05, 0) is 25.3 Å². The molecule has 0 radical (unpaired) electrons. The minimum atomic E-state index is -1.35. The van der Waals surface area contributed by atoms with Crippen LogP contribution in [0, 0.1) is 0 Å². The molecule has 289 valence electrons. The Morgan fingerprint density at radius 3 is 2.15 bits per heavy atom. The van der Waals surface area contributed by atoms with E-state index in [0.717, 1.165) is 0 Å². The Bertz CT molecular complexity index is 1730. The molecule has 19 nitrogen and oxygen atoms in total. The molecule has 0 spiro atoms. The molecule has 2 aromatic rings. The van der Waals surface area contributed by atoms with E-state index in [2.05, 4.69) is 50.4 Å². The number of aromatic nitrogens is 1. The van der Waals surface area contributed by atoms with Crippen LogP contribution in [0.15, 0.2) is 58.8 Å². The van der Waals surface area contributed by atoms with Crippen LogP contribution in [0.1, 0.15) is 61.4 Å². The number of nitrogens with two attached hydrogens (primary N) is 2. The first-order valence-electron chi connectivity index (χ1n) is 17.2. The topological polar surface area (TPSA) is 295 Å². The first-order chi connectivity index (χ1) is 25.9. The number of nitrogens with one attached hydrogen (secondary N) is 6. The van der Waals surface area contributed by atoms with Crippen LogP contribution in [0.5, 0.6) is 0 Å². The molecule has 10 N–H and O–H groups in total. The molecule has 1 aliphatic rings. The molecule has 0 bridgehead atoms. The van der Waals surface area contributed by atoms with Gasteiger partial charge in [-0.15, -0.1) is 0 Å². The summed E-state index contributed by atoms with van der Waals surface area (Å²) >= 11 is 1.71. The van der Waals surface area contributed by atoms with Gasteiger partial charge in [0.25, 0.3) is 0 Å². The number of carbonyl (C=O) groups is 7. The Labute approximate surface area is 321 Å². The zero-order chi connectivity index (χ0) is 39.5. The van der Waals surface area contributed by atoms with Crippen LogP contribution in [-0.4, -0.2) is 96.0 Å². The van der Waals surface area contributed by atoms with Crippen molar-refractivity contribution in [2.75, 3.05) is 19.6 Å². The number of Topliss-reactive ketones (excluding diaryl/α,β-unsaturated/α-hetero) is 1. The van der Waals surface area contributed by atoms with Crippen molar-refractivity contribution in [2.45, 2.75) is 76.0 Å². The Hall–Kier alpha value is -5.71. The Balaban J connectivity index is 1.85. The van der Waals surface area contributed by atoms with Crippen LogP contribution in [0.25, 0.3) is 0 Å². The normalized spacial score (nSPS) is 19.5. The third-order valence-corrected chi connectivity index (χ3v) is 8.23. The molecule has 0 saturated carbocycles. The van der Waals surface area contributed by atoms with E-state index in [0.29, 0.717) is 29.8 Å². The van der Waals surface area contributed by atoms with Gasteiger partial charge in [0.15, 0.2) is 5.96 Å². The number of hydrogen-bond acceptors (Lipinski definition) is 10. The summed E-state index contributed by atoms with van der Waals surface area (Å²) in [6.07, 6.45) is 2.21. The Kier molecular flexibility index (Phi) is 17.7. The largest absolute Gasteiger partial charge is 0.343 e. The summed E-state index contributed by atoms with van der Waals surface area (Å²) in [5.41, 5.74) is 11.8. The molecule has 1 saturated heterocycles. The molecule has 1 aromatic heterocycles. The van der Waals surface area contributed by atoms with Gasteiger partial charge in [-0.2, -0.15) is 0 Å². The summed E-state index contributed by atoms with van der Waals surface area (Å²) in [6.45, 7) is 1.07. The van der Waals surface area contributed by atoms with Crippen molar-refractivity contribution in [3.8, 4) is 0 Å². The number of pyridine rings is 1. The predicted molar refractivity (Wildman–Crippen MR) is 191 cm³/mol. The second-order valence-corrected chi connectivity index (χ2v) is 12.8. The van der Waals surface area contributed by atoms with E-state index in [9.17, 15) is 33.6 Å². The van der Waals surface area contributed by atoms with Crippen molar-refractivity contribution in [3.05, 3.63) is 59.8 Å². The van der Waals surface area contributed by atoms with E-state index in [1.807, 2.05) is 0 Å². The Morgan fingerprint density at radius 2 is 1.50 bits per heavy atom. The fourth-order valence-corrected chi connectivity index (χ4v) is 5.54. The van der Waals surface area contributed by atoms with E-state index >= 15 is 0 Å². The van der Waals surface area contributed by atoms with Crippen molar-refractivity contribution < 1.29 is 52.3 Å². The number of rotatable bonds is 15. The summed E-state index contributed by atoms with van der Waals surface area (Å²) < 4.78 is 3.61. The third kappa shape index (κ3) is 15.1. The second-order valence-electron chi connectivity index (χ2n) is 12.4. The third-order valence-electron chi connectivity index (χ3n) is 8.05. The summed E-state index contributed by atoms with van der Waals surface area (Å²) in [6, 6.07) is 7.02. The van der Waals surface area contributed by atoms with Crippen molar-refractivity contribution in [2.24, 2.45) is 21.6 Å². The van der Waals surface area contributed by atoms with Crippen LogP contribution in [0.3, 0.4) is 0 Å². The SMILES string of the molecule is CC(=O)C[C@@H]1NC(=O)CNC(=O)[C@H](CCCN=C(N)N)NC(=O)[C@H](CCCCNC(=O)c2ccc(N=[N+]=[Tc])nc2)NC(=O)[C@@H](Cc2ccccc2)NC1=O. The molecule has 4 atom stereocenters. The molecular formula is C34H45N12O7Tc+. The number of aliphatic imine (C=N–C) groups is 1. The second kappa shape index (κ2) is 22.4. The number of carbonyl (C=O) groups excluding carboxylic acids is 7. The molecule has 54 heavy (non-hydrogen) atoms. The summed E-state index contributed by atoms with van der Waals surface area (Å²) in [7, 11) is 0. The van der Waals surface area contributed by atoms with Gasteiger partial charge in [0, 0.05) is 19.4 Å². The van der Waals surface area contributed by atoms with Crippen molar-refractivity contribution in [3.63, 3.8) is 0 Å². The minimum Gasteiger partial charge on any atom is -0.343 e. The average Bonchev–Trinajstić information content (AvgIpc) is 3.13. The molecule has 0 aliphatic carbocycles. The molecule has 3 rings (SSSR count). The number of ketones is 1. The number of benzene rings is 1. The van der Waals surface area contributed by atoms with Gasteiger partial charge in [-0.1, -0.05) is 30.3 Å². The van der Waals surface area contributed by atoms with Gasteiger partial charge in [-0.3, -0.25) is 33.8 Å². The van der Waals surface area contributed by atoms with E-state index in [4.69, 9.17) is 11.5 Å². The zero-order valence-electron chi connectivity index (χ0n) is 29.7. The monoisotopic (exact) mass is 830 g/mol. The van der Waals surface area contributed by atoms with E-state index in [-0.39, 0.29) is 57.1 Å². The number of unbranched alkanes of at least 4 members (excludes halogenated alkanes) is 1. The fourth-order valence-electron chi connectivity index (χ4n) is 5.35. The van der Waals surface area contributed by atoms with Crippen LogP contribution >= 0.6 is 0 Å². The van der Waals surface area contributed by atoms with Gasteiger partial charge in [0.05, 0.1) is 6.54 Å². The summed E-state index contributed by atoms with van der Waals surface area (Å²) in [5.74, 6) is -4.26. The quantitative estimate of drug-likeness (QED) is 0.0328. The van der Waals surface area contributed by atoms with E-state index in [1.165, 1.54) is 13.1 Å². The maximum atomic E-state index is 13.9. The van der Waals surface area contributed by atoms with Crippen LogP contribution < -0.4 is 46.8 Å². The van der Waals surface area contributed by atoms with E-state index in [1.54, 1.807) is 61.2 Å². The maximum absolute atomic E-state index is 13.9. The number of amides is 6. The van der Waals surface area contributed by atoms with Crippen molar-refractivity contribution in [1.29, 1.82) is 0 Å². The Morgan fingerprint density at radius 1 is 0.852 bits per heavy atom. The smallest absolute Gasteiger partial charge is 0.243 e. The molecule has 2 heterocycles. The van der Waals surface area contributed by atoms with Gasteiger partial charge < -0.3 is 38.1 Å². The van der Waals surface area contributed by atoms with Crippen LogP contribution in [0.2, 0.25) is 0 Å². The zero-order valence-corrected chi connectivity index (χ0v) is 31.5. The minimum absolute atomic E-state index is 0.0176. The van der Waals surface area contributed by atoms with E-state index < -0.39 is 66.0 Å². The fraction of sp³-hybridized carbons (Fsp3) is 0.441. The van der Waals surface area contributed by atoms with Crippen molar-refractivity contribution >= 4 is 53.0 Å². The van der Waals surface area contributed by atoms with Gasteiger partial charge in [0.1, 0.15) is 30.0 Å². The number of hydrogen-bond donors (Lipinski definition) is 8. The molecule has 1 fully saturated rings. The molecule has 6 amide bonds. The standard InChI is InChI=1S/C34H45N12O7.Tc/c1-20(47)16-25-32(52)45-26(17-21-8-3-2-4-9-21)33(53)44-24(10-5-6-14-38-29(49)22-12-13-27(46-37)40-18-22)31(51)43-23(11-7-15-39-34(35)36)30(50)41-19-28(48)42-25;/h2-4,8-9,12-13,18,23-26H,5-7,10-11,14-17,19H2,1H3,(H,38,49)(H,41,50)(H,42,48)(H,43,51)(H,44,53)(H,45,52)(H4,35,36,39);/q-1;+2/t23-,24-,25-,26+;/m0./s1. The molecule has 0 unspecified atom stereocenters. The molecule has 1 aliphatic heterocycles. The van der Waals surface area contributed by atoms with Crippen LogP contribution in [-0.2, 0) is 53.9 Å². The number of guanidine groups is 1. The molecule has 20 heteroatoms. The van der Waals surface area contributed by atoms with Gasteiger partial charge in [-0.25, -0.2) is 0 Å². The average molecular weight is 832 g/mol. The predicted octanol–water partition coefficient (Wildman–Crippen LogP) is -1.79. The molecule has 1 aromatic carbocycles. The van der Waals surface area contributed by atoms with Gasteiger partial charge in [0.2, 0.25) is 29.5 Å². The first kappa shape index (κ1) is 42.7. The first-order valence-corrected chi connectivity index (χ1v) is 18.0. The number of nitrogens with zero attached hydrogens (tertiary/aromatic N) is 4. The van der Waals surface area contributed by atoms with Crippen molar-refractivity contribution in [1.82, 2.24) is 40.3 Å².